The predicted octanol–water partition coefficient (Wildman–Crippen LogP) is 2.70. The van der Waals surface area contributed by atoms with Crippen molar-refractivity contribution in [3.8, 4) is 12.3 Å². The van der Waals surface area contributed by atoms with Gasteiger partial charge < -0.3 is 5.32 Å². The Hall–Kier alpha value is -1.40. The van der Waals surface area contributed by atoms with E-state index in [2.05, 4.69) is 11.2 Å². The van der Waals surface area contributed by atoms with Gasteiger partial charge in [0, 0.05) is 17.4 Å². The van der Waals surface area contributed by atoms with Crippen molar-refractivity contribution in [2.75, 3.05) is 5.75 Å². The molecular formula is C14H17NOS. The van der Waals surface area contributed by atoms with Gasteiger partial charge in [-0.15, -0.1) is 24.1 Å². The van der Waals surface area contributed by atoms with Gasteiger partial charge in [0.1, 0.15) is 0 Å². The van der Waals surface area contributed by atoms with E-state index in [9.17, 15) is 4.79 Å². The van der Waals surface area contributed by atoms with Crippen LogP contribution in [0.1, 0.15) is 19.8 Å². The second-order valence-corrected chi connectivity index (χ2v) is 4.73. The van der Waals surface area contributed by atoms with Crippen LogP contribution >= 0.6 is 11.8 Å². The molecule has 0 aromatic heterocycles. The second-order valence-electron chi connectivity index (χ2n) is 3.68. The monoisotopic (exact) mass is 247 g/mol. The maximum absolute atomic E-state index is 11.7. The highest BCUT2D eigenvalue weighted by molar-refractivity contribution is 8.00. The summed E-state index contributed by atoms with van der Waals surface area (Å²) in [5.74, 6) is 3.05. The van der Waals surface area contributed by atoms with Crippen LogP contribution in [0.25, 0.3) is 0 Å². The lowest BCUT2D eigenvalue weighted by Gasteiger charge is -2.13. The summed E-state index contributed by atoms with van der Waals surface area (Å²) >= 11 is 1.54. The van der Waals surface area contributed by atoms with Crippen molar-refractivity contribution in [2.45, 2.75) is 30.7 Å². The molecule has 17 heavy (non-hydrogen) atoms. The molecule has 0 heterocycles. The number of benzene rings is 1. The first-order valence-corrected chi connectivity index (χ1v) is 6.65. The molecule has 1 N–H and O–H groups in total. The van der Waals surface area contributed by atoms with Crippen LogP contribution in [-0.2, 0) is 4.79 Å². The minimum absolute atomic E-state index is 0.0425. The molecule has 1 rings (SSSR count). The van der Waals surface area contributed by atoms with Crippen LogP contribution in [0.2, 0.25) is 0 Å². The number of hydrogen-bond donors (Lipinski definition) is 1. The van der Waals surface area contributed by atoms with Crippen molar-refractivity contribution in [3.05, 3.63) is 30.3 Å². The van der Waals surface area contributed by atoms with Crippen molar-refractivity contribution < 1.29 is 4.79 Å². The average molecular weight is 247 g/mol. The fraction of sp³-hybridized carbons (Fsp3) is 0.357. The van der Waals surface area contributed by atoms with Gasteiger partial charge in [-0.05, 0) is 18.6 Å². The normalized spacial score (nSPS) is 11.5. The van der Waals surface area contributed by atoms with Gasteiger partial charge in [-0.1, -0.05) is 25.1 Å². The average Bonchev–Trinajstić information content (AvgIpc) is 2.37. The van der Waals surface area contributed by atoms with E-state index in [0.29, 0.717) is 12.2 Å². The Balaban J connectivity index is 2.33. The number of carbonyl (C=O) groups is 1. The summed E-state index contributed by atoms with van der Waals surface area (Å²) < 4.78 is 0. The summed E-state index contributed by atoms with van der Waals surface area (Å²) in [6.45, 7) is 2.02. The lowest BCUT2D eigenvalue weighted by Crippen LogP contribution is -2.35. The molecule has 0 saturated carbocycles. The Labute approximate surface area is 107 Å². The number of carbonyl (C=O) groups excluding carboxylic acids is 1. The summed E-state index contributed by atoms with van der Waals surface area (Å²) in [6.07, 6.45) is 6.70. The lowest BCUT2D eigenvalue weighted by atomic mass is 10.1. The predicted molar refractivity (Wildman–Crippen MR) is 72.8 cm³/mol. The third-order valence-electron chi connectivity index (χ3n) is 2.34. The Morgan fingerprint density at radius 3 is 2.76 bits per heavy atom. The van der Waals surface area contributed by atoms with Gasteiger partial charge in [-0.25, -0.2) is 0 Å². The minimum Gasteiger partial charge on any atom is -0.352 e. The first-order valence-electron chi connectivity index (χ1n) is 5.67. The standard InChI is InChI=1S/C14H17NOS/c1-3-8-12(4-2)15-14(16)11-17-13-9-6-5-7-10-13/h1,5-7,9-10,12H,4,8,11H2,2H3,(H,15,16). The molecular weight excluding hydrogens is 230 g/mol. The highest BCUT2D eigenvalue weighted by Crippen LogP contribution is 2.16. The van der Waals surface area contributed by atoms with Crippen LogP contribution in [0.5, 0.6) is 0 Å². The zero-order valence-corrected chi connectivity index (χ0v) is 10.8. The van der Waals surface area contributed by atoms with Crippen LogP contribution < -0.4 is 5.32 Å². The topological polar surface area (TPSA) is 29.1 Å². The van der Waals surface area contributed by atoms with Crippen molar-refractivity contribution in [2.24, 2.45) is 0 Å². The molecule has 1 aromatic carbocycles. The van der Waals surface area contributed by atoms with Crippen molar-refractivity contribution in [1.29, 1.82) is 0 Å². The molecule has 2 nitrogen and oxygen atoms in total. The van der Waals surface area contributed by atoms with E-state index in [-0.39, 0.29) is 11.9 Å². The molecule has 3 heteroatoms. The maximum Gasteiger partial charge on any atom is 0.230 e. The highest BCUT2D eigenvalue weighted by atomic mass is 32.2. The summed E-state index contributed by atoms with van der Waals surface area (Å²) in [5.41, 5.74) is 0. The van der Waals surface area contributed by atoms with Gasteiger partial charge >= 0.3 is 0 Å². The van der Waals surface area contributed by atoms with Crippen LogP contribution in [0.3, 0.4) is 0 Å². The van der Waals surface area contributed by atoms with E-state index in [1.165, 1.54) is 11.8 Å². The molecule has 90 valence electrons. The summed E-state index contributed by atoms with van der Waals surface area (Å²) in [5, 5.41) is 2.94. The molecule has 0 bridgehead atoms. The number of nitrogens with one attached hydrogen (secondary N) is 1. The minimum atomic E-state index is 0.0425. The van der Waals surface area contributed by atoms with Gasteiger partial charge in [-0.3, -0.25) is 4.79 Å². The zero-order valence-electron chi connectivity index (χ0n) is 9.98. The van der Waals surface area contributed by atoms with E-state index in [4.69, 9.17) is 6.42 Å². The summed E-state index contributed by atoms with van der Waals surface area (Å²) in [7, 11) is 0. The molecule has 0 aliphatic heterocycles. The summed E-state index contributed by atoms with van der Waals surface area (Å²) in [6, 6.07) is 9.99. The van der Waals surface area contributed by atoms with E-state index in [1.807, 2.05) is 37.3 Å². The number of terminal acetylenes is 1. The first kappa shape index (κ1) is 13.7. The van der Waals surface area contributed by atoms with Crippen molar-refractivity contribution in [3.63, 3.8) is 0 Å². The Kier molecular flexibility index (Phi) is 6.27. The van der Waals surface area contributed by atoms with Crippen LogP contribution in [0.4, 0.5) is 0 Å². The second kappa shape index (κ2) is 7.81. The quantitative estimate of drug-likeness (QED) is 0.618. The van der Waals surface area contributed by atoms with E-state index >= 15 is 0 Å². The van der Waals surface area contributed by atoms with Gasteiger partial charge in [0.05, 0.1) is 5.75 Å². The molecule has 0 radical (unpaired) electrons. The smallest absolute Gasteiger partial charge is 0.230 e. The molecule has 0 fully saturated rings. The van der Waals surface area contributed by atoms with Gasteiger partial charge in [-0.2, -0.15) is 0 Å². The molecule has 1 atom stereocenters. The zero-order chi connectivity index (χ0) is 12.5. The number of rotatable bonds is 6. The van der Waals surface area contributed by atoms with Gasteiger partial charge in [0.15, 0.2) is 0 Å². The van der Waals surface area contributed by atoms with Crippen molar-refractivity contribution in [1.82, 2.24) is 5.32 Å². The first-order chi connectivity index (χ1) is 8.26. The Morgan fingerprint density at radius 2 is 2.18 bits per heavy atom. The van der Waals surface area contributed by atoms with Gasteiger partial charge in [0.25, 0.3) is 0 Å². The van der Waals surface area contributed by atoms with Crippen LogP contribution in [0.15, 0.2) is 35.2 Å². The lowest BCUT2D eigenvalue weighted by molar-refractivity contribution is -0.119. The molecule has 1 amide bonds. The molecule has 1 unspecified atom stereocenters. The van der Waals surface area contributed by atoms with Gasteiger partial charge in [0.2, 0.25) is 5.91 Å². The largest absolute Gasteiger partial charge is 0.352 e. The number of thioether (sulfide) groups is 1. The highest BCUT2D eigenvalue weighted by Gasteiger charge is 2.09. The van der Waals surface area contributed by atoms with E-state index in [1.54, 1.807) is 0 Å². The summed E-state index contributed by atoms with van der Waals surface area (Å²) in [4.78, 5) is 12.8. The Morgan fingerprint density at radius 1 is 1.47 bits per heavy atom. The van der Waals surface area contributed by atoms with E-state index < -0.39 is 0 Å². The SMILES string of the molecule is C#CCC(CC)NC(=O)CSc1ccccc1. The molecule has 0 aliphatic carbocycles. The molecule has 0 saturated heterocycles. The maximum atomic E-state index is 11.7. The van der Waals surface area contributed by atoms with Crippen LogP contribution in [0, 0.1) is 12.3 Å². The number of hydrogen-bond acceptors (Lipinski definition) is 2. The third-order valence-corrected chi connectivity index (χ3v) is 3.35. The fourth-order valence-corrected chi connectivity index (χ4v) is 2.11. The Bertz CT molecular complexity index is 383. The molecule has 0 spiro atoms. The third kappa shape index (κ3) is 5.46. The van der Waals surface area contributed by atoms with Crippen molar-refractivity contribution >= 4 is 17.7 Å². The molecule has 0 aliphatic rings. The van der Waals surface area contributed by atoms with E-state index in [0.717, 1.165) is 11.3 Å². The van der Waals surface area contributed by atoms with Crippen LogP contribution in [-0.4, -0.2) is 17.7 Å². The fourth-order valence-electron chi connectivity index (χ4n) is 1.37. The molecule has 1 aromatic rings. The number of amides is 1.